The number of hydrogen-bond acceptors (Lipinski definition) is 6. The van der Waals surface area contributed by atoms with Gasteiger partial charge in [0.25, 0.3) is 5.69 Å². The van der Waals surface area contributed by atoms with E-state index in [1.165, 1.54) is 25.3 Å². The Morgan fingerprint density at radius 1 is 1.00 bits per heavy atom. The van der Waals surface area contributed by atoms with Gasteiger partial charge in [-0.3, -0.25) is 14.9 Å². The molecule has 0 amide bonds. The molecule has 2 aromatic carbocycles. The van der Waals surface area contributed by atoms with Crippen molar-refractivity contribution in [3.63, 3.8) is 0 Å². The van der Waals surface area contributed by atoms with Gasteiger partial charge in [-0.05, 0) is 104 Å². The second kappa shape index (κ2) is 9.65. The van der Waals surface area contributed by atoms with E-state index in [1.807, 2.05) is 36.4 Å². The van der Waals surface area contributed by atoms with Crippen molar-refractivity contribution < 1.29 is 19.2 Å². The first-order chi connectivity index (χ1) is 19.4. The summed E-state index contributed by atoms with van der Waals surface area (Å²) in [6, 6.07) is 14.1. The third kappa shape index (κ3) is 4.32. The van der Waals surface area contributed by atoms with Crippen molar-refractivity contribution in [2.24, 2.45) is 23.2 Å². The van der Waals surface area contributed by atoms with Crippen LogP contribution < -0.4 is 0 Å². The first-order valence-electron chi connectivity index (χ1n) is 14.5. The first-order valence-corrected chi connectivity index (χ1v) is 14.5. The molecule has 0 unspecified atom stereocenters. The summed E-state index contributed by atoms with van der Waals surface area (Å²) in [7, 11) is 0. The van der Waals surface area contributed by atoms with Crippen LogP contribution in [0, 0.1) is 33.3 Å². The minimum absolute atomic E-state index is 0.0322. The fraction of sp³-hybridized carbons (Fsp3) is 0.424. The molecule has 1 aromatic heterocycles. The number of nitro benzene ring substituents is 1. The quantitative estimate of drug-likeness (QED) is 0.192. The highest BCUT2D eigenvalue weighted by Crippen LogP contribution is 2.60. The summed E-state index contributed by atoms with van der Waals surface area (Å²) in [5.41, 5.74) is 4.12. The Hall–Kier alpha value is -3.87. The van der Waals surface area contributed by atoms with E-state index >= 15 is 0 Å². The van der Waals surface area contributed by atoms with Crippen LogP contribution in [0.2, 0.25) is 0 Å². The minimum Gasteiger partial charge on any atom is -0.454 e. The lowest BCUT2D eigenvalue weighted by atomic mass is 9.48. The van der Waals surface area contributed by atoms with Crippen LogP contribution in [0.5, 0.6) is 0 Å². The number of pyridine rings is 1. The third-order valence-electron chi connectivity index (χ3n) is 9.76. The Morgan fingerprint density at radius 2 is 1.73 bits per heavy atom. The monoisotopic (exact) mass is 536 g/mol. The van der Waals surface area contributed by atoms with Crippen molar-refractivity contribution in [2.45, 2.75) is 57.8 Å². The maximum absolute atomic E-state index is 13.7. The molecule has 1 heterocycles. The summed E-state index contributed by atoms with van der Waals surface area (Å²) in [4.78, 5) is 43.2. The van der Waals surface area contributed by atoms with Crippen LogP contribution in [0.25, 0.3) is 22.6 Å². The zero-order valence-electron chi connectivity index (χ0n) is 22.4. The standard InChI is InChI=1S/C33H32N2O5/c36-29(33-16-21-11-22(17-33)13-23(12-21)18-33)19-40-32(37)30-26-8-1-2-10-28(26)34-31-24(6-4-9-27(30)31)14-20-5-3-7-25(15-20)35(38)39/h1-3,5,7-8,10,14-15,21-23H,4,6,9,11-13,16-19H2/b24-14+. The van der Waals surface area contributed by atoms with E-state index in [0.29, 0.717) is 35.3 Å². The van der Waals surface area contributed by atoms with E-state index in [2.05, 4.69) is 0 Å². The molecule has 0 saturated heterocycles. The van der Waals surface area contributed by atoms with Crippen molar-refractivity contribution in [3.05, 3.63) is 81.0 Å². The molecular weight excluding hydrogens is 504 g/mol. The molecular formula is C33H32N2O5. The van der Waals surface area contributed by atoms with Gasteiger partial charge in [-0.25, -0.2) is 9.78 Å². The molecule has 3 aromatic rings. The molecule has 0 spiro atoms. The molecule has 5 aliphatic rings. The number of hydrogen-bond donors (Lipinski definition) is 0. The van der Waals surface area contributed by atoms with Crippen LogP contribution in [0.4, 0.5) is 5.69 Å². The summed E-state index contributed by atoms with van der Waals surface area (Å²) >= 11 is 0. The van der Waals surface area contributed by atoms with Gasteiger partial charge in [0.1, 0.15) is 0 Å². The zero-order valence-corrected chi connectivity index (χ0v) is 22.4. The molecule has 0 radical (unpaired) electrons. The minimum atomic E-state index is -0.468. The van der Waals surface area contributed by atoms with Gasteiger partial charge in [-0.1, -0.05) is 30.3 Å². The van der Waals surface area contributed by atoms with Crippen molar-refractivity contribution in [3.8, 4) is 0 Å². The molecule has 4 fully saturated rings. The normalized spacial score (nSPS) is 27.5. The van der Waals surface area contributed by atoms with E-state index in [9.17, 15) is 19.7 Å². The summed E-state index contributed by atoms with van der Waals surface area (Å²) < 4.78 is 5.84. The van der Waals surface area contributed by atoms with Gasteiger partial charge in [0.2, 0.25) is 0 Å². The molecule has 4 saturated carbocycles. The van der Waals surface area contributed by atoms with Gasteiger partial charge in [0, 0.05) is 22.9 Å². The summed E-state index contributed by atoms with van der Waals surface area (Å²) in [5.74, 6) is 1.58. The van der Waals surface area contributed by atoms with E-state index in [1.54, 1.807) is 12.1 Å². The first kappa shape index (κ1) is 25.1. The second-order valence-electron chi connectivity index (χ2n) is 12.4. The Morgan fingerprint density at radius 3 is 2.45 bits per heavy atom. The van der Waals surface area contributed by atoms with Gasteiger partial charge in [-0.2, -0.15) is 0 Å². The lowest BCUT2D eigenvalue weighted by Crippen LogP contribution is -2.51. The van der Waals surface area contributed by atoms with Crippen LogP contribution in [-0.4, -0.2) is 28.3 Å². The largest absolute Gasteiger partial charge is 0.454 e. The number of non-ortho nitro benzene ring substituents is 1. The highest BCUT2D eigenvalue weighted by Gasteiger charge is 2.54. The van der Waals surface area contributed by atoms with Crippen LogP contribution >= 0.6 is 0 Å². The lowest BCUT2D eigenvalue weighted by molar-refractivity contribution is -0.384. The van der Waals surface area contributed by atoms with Crippen LogP contribution in [0.1, 0.15) is 78.5 Å². The number of carbonyl (C=O) groups excluding carboxylic acids is 2. The fourth-order valence-electron chi connectivity index (χ4n) is 8.45. The number of aromatic nitrogens is 1. The van der Waals surface area contributed by atoms with Crippen molar-refractivity contribution in [1.29, 1.82) is 0 Å². The molecule has 5 aliphatic carbocycles. The van der Waals surface area contributed by atoms with E-state index < -0.39 is 10.9 Å². The molecule has 7 heteroatoms. The fourth-order valence-corrected chi connectivity index (χ4v) is 8.45. The number of Topliss-reactive ketones (excluding diaryl/α,β-unsaturated/α-hetero) is 1. The molecule has 4 bridgehead atoms. The van der Waals surface area contributed by atoms with E-state index in [0.717, 1.165) is 59.9 Å². The van der Waals surface area contributed by atoms with Crippen LogP contribution in [-0.2, 0) is 16.0 Å². The van der Waals surface area contributed by atoms with Crippen LogP contribution in [0.15, 0.2) is 48.5 Å². The third-order valence-corrected chi connectivity index (χ3v) is 9.76. The van der Waals surface area contributed by atoms with Gasteiger partial charge >= 0.3 is 5.97 Å². The number of ether oxygens (including phenoxy) is 1. The molecule has 0 N–H and O–H groups in total. The number of ketones is 1. The average Bonchev–Trinajstić information content (AvgIpc) is 2.94. The topological polar surface area (TPSA) is 99.4 Å². The number of para-hydroxylation sites is 1. The Balaban J connectivity index is 1.21. The Labute approximate surface area is 232 Å². The molecule has 204 valence electrons. The average molecular weight is 537 g/mol. The summed E-state index contributed by atoms with van der Waals surface area (Å²) in [6.07, 6.45) is 10.8. The number of benzene rings is 2. The number of fused-ring (bicyclic) bond motifs is 2. The number of carbonyl (C=O) groups is 2. The van der Waals surface area contributed by atoms with Crippen molar-refractivity contribution in [1.82, 2.24) is 4.98 Å². The predicted molar refractivity (Wildman–Crippen MR) is 152 cm³/mol. The number of rotatable bonds is 6. The summed E-state index contributed by atoms with van der Waals surface area (Å²) in [5, 5.41) is 12.0. The number of allylic oxidation sites excluding steroid dienone is 1. The zero-order chi connectivity index (χ0) is 27.4. The van der Waals surface area contributed by atoms with Gasteiger partial charge in [0.15, 0.2) is 12.4 Å². The molecule has 8 rings (SSSR count). The molecule has 0 atom stereocenters. The second-order valence-corrected chi connectivity index (χ2v) is 12.4. The Kier molecular flexibility index (Phi) is 6.06. The maximum Gasteiger partial charge on any atom is 0.339 e. The van der Waals surface area contributed by atoms with E-state index in [4.69, 9.17) is 9.72 Å². The SMILES string of the molecule is O=C(OCC(=O)C12CC3CC(CC(C3)C1)C2)c1c2c(nc3ccccc13)/C(=C/c1cccc([N+](=O)[O-])c1)CCC2. The lowest BCUT2D eigenvalue weighted by Gasteiger charge is -2.55. The number of esters is 1. The summed E-state index contributed by atoms with van der Waals surface area (Å²) in [6.45, 7) is -0.174. The number of nitrogens with zero attached hydrogens (tertiary/aromatic N) is 2. The number of nitro groups is 1. The molecule has 7 nitrogen and oxygen atoms in total. The highest BCUT2D eigenvalue weighted by atomic mass is 16.6. The maximum atomic E-state index is 13.7. The van der Waals surface area contributed by atoms with Crippen molar-refractivity contribution in [2.75, 3.05) is 6.61 Å². The molecule has 40 heavy (non-hydrogen) atoms. The highest BCUT2D eigenvalue weighted by molar-refractivity contribution is 6.07. The van der Waals surface area contributed by atoms with E-state index in [-0.39, 0.29) is 23.5 Å². The molecule has 0 aliphatic heterocycles. The van der Waals surface area contributed by atoms with Crippen LogP contribution in [0.3, 0.4) is 0 Å². The van der Waals surface area contributed by atoms with Crippen molar-refractivity contribution >= 4 is 40.0 Å². The van der Waals surface area contributed by atoms with Gasteiger partial charge in [-0.15, -0.1) is 0 Å². The van der Waals surface area contributed by atoms with Gasteiger partial charge < -0.3 is 4.74 Å². The predicted octanol–water partition coefficient (Wildman–Crippen LogP) is 6.96. The van der Waals surface area contributed by atoms with Gasteiger partial charge in [0.05, 0.1) is 21.7 Å². The smallest absolute Gasteiger partial charge is 0.339 e. The Bertz CT molecular complexity index is 1550.